The van der Waals surface area contributed by atoms with E-state index in [-0.39, 0.29) is 6.42 Å². The lowest BCUT2D eigenvalue weighted by molar-refractivity contribution is -0.117. The molecule has 2 rings (SSSR count). The fourth-order valence-corrected chi connectivity index (χ4v) is 1.55. The summed E-state index contributed by atoms with van der Waals surface area (Å²) in [5.41, 5.74) is 6.64. The molecule has 6 heteroatoms. The van der Waals surface area contributed by atoms with Gasteiger partial charge in [0.05, 0.1) is 30.5 Å². The molecule has 1 fully saturated rings. The van der Waals surface area contributed by atoms with Crippen LogP contribution >= 0.6 is 0 Å². The smallest absolute Gasteiger partial charge is 0.223 e. The molecule has 6 nitrogen and oxygen atoms in total. The van der Waals surface area contributed by atoms with Gasteiger partial charge in [-0.15, -0.1) is 5.10 Å². The highest BCUT2D eigenvalue weighted by Gasteiger charge is 2.28. The molecule has 2 N–H and O–H groups in total. The van der Waals surface area contributed by atoms with Crippen LogP contribution in [0.25, 0.3) is 0 Å². The van der Waals surface area contributed by atoms with Crippen molar-refractivity contribution in [2.75, 3.05) is 7.11 Å². The van der Waals surface area contributed by atoms with Crippen LogP contribution in [0.15, 0.2) is 0 Å². The molecule has 0 aromatic carbocycles. The molecular weight excluding hydrogens is 196 g/mol. The Bertz CT molecular complexity index is 370. The second-order valence-electron chi connectivity index (χ2n) is 3.73. The van der Waals surface area contributed by atoms with Crippen molar-refractivity contribution < 1.29 is 9.53 Å². The fourth-order valence-electron chi connectivity index (χ4n) is 1.55. The lowest BCUT2D eigenvalue weighted by Crippen LogP contribution is -2.15. The molecule has 1 aromatic heterocycles. The number of primary amides is 1. The third kappa shape index (κ3) is 2.15. The fraction of sp³-hybridized carbons (Fsp3) is 0.667. The molecule has 1 heterocycles. The van der Waals surface area contributed by atoms with Crippen LogP contribution in [0, 0.1) is 0 Å². The first-order valence-corrected chi connectivity index (χ1v) is 4.92. The molecule has 0 aliphatic heterocycles. The van der Waals surface area contributed by atoms with Crippen molar-refractivity contribution in [3.8, 4) is 0 Å². The normalized spacial score (nSPS) is 15.5. The molecule has 1 aliphatic rings. The maximum Gasteiger partial charge on any atom is 0.223 e. The SMILES string of the molecule is COCc1c(CC(N)=O)nnn1C1CC1. The number of nitrogens with zero attached hydrogens (tertiary/aromatic N) is 3. The minimum absolute atomic E-state index is 0.130. The summed E-state index contributed by atoms with van der Waals surface area (Å²) in [7, 11) is 1.61. The molecule has 1 amide bonds. The number of hydrogen-bond acceptors (Lipinski definition) is 4. The maximum absolute atomic E-state index is 10.8. The van der Waals surface area contributed by atoms with Crippen LogP contribution in [-0.4, -0.2) is 28.0 Å². The summed E-state index contributed by atoms with van der Waals surface area (Å²) >= 11 is 0. The van der Waals surface area contributed by atoms with Crippen LogP contribution in [0.2, 0.25) is 0 Å². The van der Waals surface area contributed by atoms with E-state index in [9.17, 15) is 4.79 Å². The summed E-state index contributed by atoms with van der Waals surface area (Å²) in [4.78, 5) is 10.8. The number of rotatable bonds is 5. The number of ether oxygens (including phenoxy) is 1. The minimum atomic E-state index is -0.393. The van der Waals surface area contributed by atoms with Crippen molar-refractivity contribution in [1.82, 2.24) is 15.0 Å². The van der Waals surface area contributed by atoms with Gasteiger partial charge in [0, 0.05) is 7.11 Å². The van der Waals surface area contributed by atoms with Crippen molar-refractivity contribution in [3.05, 3.63) is 11.4 Å². The summed E-state index contributed by atoms with van der Waals surface area (Å²) in [6.07, 6.45) is 2.37. The number of methoxy groups -OCH3 is 1. The van der Waals surface area contributed by atoms with Crippen LogP contribution in [0.5, 0.6) is 0 Å². The standard InChI is InChI=1S/C9H14N4O2/c1-15-5-8-7(4-9(10)14)11-12-13(8)6-2-3-6/h6H,2-5H2,1H3,(H2,10,14). The van der Waals surface area contributed by atoms with Crippen molar-refractivity contribution in [1.29, 1.82) is 0 Å². The van der Waals surface area contributed by atoms with E-state index in [0.29, 0.717) is 18.3 Å². The van der Waals surface area contributed by atoms with E-state index in [0.717, 1.165) is 18.5 Å². The summed E-state index contributed by atoms with van der Waals surface area (Å²) < 4.78 is 6.92. The van der Waals surface area contributed by atoms with Crippen LogP contribution in [0.3, 0.4) is 0 Å². The van der Waals surface area contributed by atoms with Gasteiger partial charge in [0.25, 0.3) is 0 Å². The average molecular weight is 210 g/mol. The predicted octanol–water partition coefficient (Wildman–Crippen LogP) is -0.213. The summed E-state index contributed by atoms with van der Waals surface area (Å²) in [6, 6.07) is 0.435. The molecule has 1 aliphatic carbocycles. The van der Waals surface area contributed by atoms with Gasteiger partial charge in [0.2, 0.25) is 5.91 Å². The van der Waals surface area contributed by atoms with Gasteiger partial charge in [-0.2, -0.15) is 0 Å². The van der Waals surface area contributed by atoms with E-state index in [2.05, 4.69) is 10.3 Å². The molecule has 0 spiro atoms. The second-order valence-corrected chi connectivity index (χ2v) is 3.73. The Kier molecular flexibility index (Phi) is 2.68. The van der Waals surface area contributed by atoms with Crippen molar-refractivity contribution in [2.45, 2.75) is 31.9 Å². The maximum atomic E-state index is 10.8. The Balaban J connectivity index is 2.24. The highest BCUT2D eigenvalue weighted by atomic mass is 16.5. The van der Waals surface area contributed by atoms with Gasteiger partial charge in [0.15, 0.2) is 0 Å². The van der Waals surface area contributed by atoms with E-state index >= 15 is 0 Å². The molecule has 1 aromatic rings. The Hall–Kier alpha value is -1.43. The first-order valence-electron chi connectivity index (χ1n) is 4.92. The van der Waals surface area contributed by atoms with Crippen molar-refractivity contribution >= 4 is 5.91 Å². The minimum Gasteiger partial charge on any atom is -0.378 e. The third-order valence-corrected chi connectivity index (χ3v) is 2.39. The molecule has 0 bridgehead atoms. The number of nitrogens with two attached hydrogens (primary N) is 1. The van der Waals surface area contributed by atoms with Gasteiger partial charge in [-0.3, -0.25) is 4.79 Å². The first-order chi connectivity index (χ1) is 7.22. The molecular formula is C9H14N4O2. The van der Waals surface area contributed by atoms with Crippen molar-refractivity contribution in [2.24, 2.45) is 5.73 Å². The van der Waals surface area contributed by atoms with Gasteiger partial charge in [-0.25, -0.2) is 4.68 Å². The Labute approximate surface area is 87.4 Å². The second kappa shape index (κ2) is 3.98. The van der Waals surface area contributed by atoms with E-state index < -0.39 is 5.91 Å². The third-order valence-electron chi connectivity index (χ3n) is 2.39. The van der Waals surface area contributed by atoms with E-state index in [4.69, 9.17) is 10.5 Å². The molecule has 1 saturated carbocycles. The van der Waals surface area contributed by atoms with Gasteiger partial charge in [-0.1, -0.05) is 5.21 Å². The highest BCUT2D eigenvalue weighted by Crippen LogP contribution is 2.35. The lowest BCUT2D eigenvalue weighted by atomic mass is 10.2. The van der Waals surface area contributed by atoms with Crippen LogP contribution in [0.1, 0.15) is 30.3 Å². The molecule has 0 radical (unpaired) electrons. The van der Waals surface area contributed by atoms with E-state index in [1.165, 1.54) is 0 Å². The van der Waals surface area contributed by atoms with Crippen LogP contribution in [0.4, 0.5) is 0 Å². The zero-order valence-electron chi connectivity index (χ0n) is 8.64. The van der Waals surface area contributed by atoms with Gasteiger partial charge < -0.3 is 10.5 Å². The number of hydrogen-bond donors (Lipinski definition) is 1. The van der Waals surface area contributed by atoms with E-state index in [1.807, 2.05) is 4.68 Å². The van der Waals surface area contributed by atoms with Gasteiger partial charge in [0.1, 0.15) is 0 Å². The Morgan fingerprint density at radius 1 is 1.67 bits per heavy atom. The number of carbonyl (C=O) groups is 1. The Morgan fingerprint density at radius 2 is 2.40 bits per heavy atom. The summed E-state index contributed by atoms with van der Waals surface area (Å²) in [5, 5.41) is 8.00. The topological polar surface area (TPSA) is 83.0 Å². The number of carbonyl (C=O) groups excluding carboxylic acids is 1. The Morgan fingerprint density at radius 3 is 2.93 bits per heavy atom. The predicted molar refractivity (Wildman–Crippen MR) is 51.9 cm³/mol. The van der Waals surface area contributed by atoms with Crippen LogP contribution < -0.4 is 5.73 Å². The number of aromatic nitrogens is 3. The first kappa shape index (κ1) is 10.1. The molecule has 0 atom stereocenters. The lowest BCUT2D eigenvalue weighted by Gasteiger charge is -2.04. The monoisotopic (exact) mass is 210 g/mol. The molecule has 15 heavy (non-hydrogen) atoms. The molecule has 82 valence electrons. The summed E-state index contributed by atoms with van der Waals surface area (Å²) in [5.74, 6) is -0.393. The summed E-state index contributed by atoms with van der Waals surface area (Å²) in [6.45, 7) is 0.423. The average Bonchev–Trinajstić information content (AvgIpc) is 2.93. The van der Waals surface area contributed by atoms with Gasteiger partial charge in [-0.05, 0) is 12.8 Å². The van der Waals surface area contributed by atoms with E-state index in [1.54, 1.807) is 7.11 Å². The molecule has 0 saturated heterocycles. The zero-order valence-corrected chi connectivity index (χ0v) is 8.64. The molecule has 0 unspecified atom stereocenters. The zero-order chi connectivity index (χ0) is 10.8. The largest absolute Gasteiger partial charge is 0.378 e. The van der Waals surface area contributed by atoms with Crippen LogP contribution in [-0.2, 0) is 22.6 Å². The number of amides is 1. The highest BCUT2D eigenvalue weighted by molar-refractivity contribution is 5.76. The quantitative estimate of drug-likeness (QED) is 0.728. The van der Waals surface area contributed by atoms with Crippen molar-refractivity contribution in [3.63, 3.8) is 0 Å². The van der Waals surface area contributed by atoms with Gasteiger partial charge >= 0.3 is 0 Å².